The van der Waals surface area contributed by atoms with Gasteiger partial charge in [0.15, 0.2) is 0 Å². The number of anilines is 1. The molecule has 21 heavy (non-hydrogen) atoms. The maximum Gasteiger partial charge on any atom is 0.331 e. The molecule has 0 bridgehead atoms. The minimum Gasteiger partial charge on any atom is -0.307 e. The van der Waals surface area contributed by atoms with E-state index in [0.717, 1.165) is 17.7 Å². The molecule has 1 amide bonds. The fraction of sp³-hybridized carbons (Fsp3) is 0.0588. The van der Waals surface area contributed by atoms with Crippen molar-refractivity contribution in [2.75, 3.05) is 5.32 Å². The number of amides is 1. The van der Waals surface area contributed by atoms with E-state index in [9.17, 15) is 4.79 Å². The lowest BCUT2D eigenvalue weighted by Crippen LogP contribution is -2.18. The third kappa shape index (κ3) is 3.17. The lowest BCUT2D eigenvalue weighted by molar-refractivity contribution is 0.253. The van der Waals surface area contributed by atoms with Gasteiger partial charge in [-0.3, -0.25) is 4.57 Å². The fourth-order valence-corrected chi connectivity index (χ4v) is 2.17. The Bertz CT molecular complexity index is 721. The summed E-state index contributed by atoms with van der Waals surface area (Å²) in [5, 5.41) is 2.92. The van der Waals surface area contributed by atoms with E-state index in [1.54, 1.807) is 12.4 Å². The van der Waals surface area contributed by atoms with Gasteiger partial charge in [0.2, 0.25) is 0 Å². The lowest BCUT2D eigenvalue weighted by Gasteiger charge is -2.11. The summed E-state index contributed by atoms with van der Waals surface area (Å²) in [7, 11) is 0. The van der Waals surface area contributed by atoms with Crippen LogP contribution in [0.3, 0.4) is 0 Å². The van der Waals surface area contributed by atoms with Gasteiger partial charge in [0.25, 0.3) is 0 Å². The molecule has 1 N–H and O–H groups in total. The minimum atomic E-state index is -0.215. The Balaban J connectivity index is 1.81. The molecule has 104 valence electrons. The Morgan fingerprint density at radius 2 is 1.81 bits per heavy atom. The molecule has 2 aromatic carbocycles. The maximum absolute atomic E-state index is 12.1. The number of rotatable bonds is 3. The zero-order valence-electron chi connectivity index (χ0n) is 11.4. The minimum absolute atomic E-state index is 0.215. The number of nitrogens with one attached hydrogen (secondary N) is 1. The first-order chi connectivity index (χ1) is 10.3. The zero-order chi connectivity index (χ0) is 14.5. The Kier molecular flexibility index (Phi) is 3.78. The monoisotopic (exact) mass is 277 g/mol. The highest BCUT2D eigenvalue weighted by Crippen LogP contribution is 2.19. The zero-order valence-corrected chi connectivity index (χ0v) is 11.4. The summed E-state index contributed by atoms with van der Waals surface area (Å²) in [5.41, 5.74) is 3.11. The Morgan fingerprint density at radius 3 is 2.57 bits per heavy atom. The second-order valence-corrected chi connectivity index (χ2v) is 4.72. The van der Waals surface area contributed by atoms with Gasteiger partial charge in [0.1, 0.15) is 6.33 Å². The maximum atomic E-state index is 12.1. The predicted octanol–water partition coefficient (Wildman–Crippen LogP) is 3.55. The van der Waals surface area contributed by atoms with Crippen LogP contribution in [-0.4, -0.2) is 15.6 Å². The fourth-order valence-electron chi connectivity index (χ4n) is 2.17. The van der Waals surface area contributed by atoms with Gasteiger partial charge in [-0.15, -0.1) is 0 Å². The normalized spacial score (nSPS) is 10.3. The van der Waals surface area contributed by atoms with Crippen LogP contribution in [0.15, 0.2) is 73.3 Å². The summed E-state index contributed by atoms with van der Waals surface area (Å²) < 4.78 is 1.42. The van der Waals surface area contributed by atoms with E-state index < -0.39 is 0 Å². The van der Waals surface area contributed by atoms with Crippen LogP contribution in [0.25, 0.3) is 0 Å². The number of para-hydroxylation sites is 1. The van der Waals surface area contributed by atoms with Crippen molar-refractivity contribution in [3.63, 3.8) is 0 Å². The first kappa shape index (κ1) is 13.1. The van der Waals surface area contributed by atoms with E-state index in [2.05, 4.69) is 22.4 Å². The summed E-state index contributed by atoms with van der Waals surface area (Å²) in [4.78, 5) is 16.0. The van der Waals surface area contributed by atoms with Crippen LogP contribution in [-0.2, 0) is 6.42 Å². The molecule has 1 aromatic heterocycles. The van der Waals surface area contributed by atoms with Crippen molar-refractivity contribution in [1.29, 1.82) is 0 Å². The predicted molar refractivity (Wildman–Crippen MR) is 82.3 cm³/mol. The average molecular weight is 277 g/mol. The highest BCUT2D eigenvalue weighted by atomic mass is 16.2. The van der Waals surface area contributed by atoms with Crippen LogP contribution < -0.4 is 5.32 Å². The molecular weight excluding hydrogens is 262 g/mol. The first-order valence-corrected chi connectivity index (χ1v) is 6.74. The van der Waals surface area contributed by atoms with Crippen molar-refractivity contribution in [2.24, 2.45) is 0 Å². The highest BCUT2D eigenvalue weighted by Gasteiger charge is 2.08. The SMILES string of the molecule is O=C(Nc1ccccc1Cc1ccccc1)n1ccnc1. The van der Waals surface area contributed by atoms with Crippen molar-refractivity contribution in [1.82, 2.24) is 9.55 Å². The number of imidazole rings is 1. The van der Waals surface area contributed by atoms with Gasteiger partial charge in [0, 0.05) is 18.1 Å². The van der Waals surface area contributed by atoms with E-state index in [1.807, 2.05) is 42.5 Å². The molecule has 0 aliphatic rings. The Morgan fingerprint density at radius 1 is 1.05 bits per heavy atom. The summed E-state index contributed by atoms with van der Waals surface area (Å²) in [6, 6.07) is 17.8. The smallest absolute Gasteiger partial charge is 0.307 e. The van der Waals surface area contributed by atoms with E-state index in [0.29, 0.717) is 0 Å². The second-order valence-electron chi connectivity index (χ2n) is 4.72. The third-order valence-electron chi connectivity index (χ3n) is 3.24. The summed E-state index contributed by atoms with van der Waals surface area (Å²) >= 11 is 0. The second kappa shape index (κ2) is 6.05. The molecule has 0 aliphatic heterocycles. The van der Waals surface area contributed by atoms with Crippen molar-refractivity contribution in [2.45, 2.75) is 6.42 Å². The number of benzene rings is 2. The third-order valence-corrected chi connectivity index (χ3v) is 3.24. The molecule has 0 saturated carbocycles. The van der Waals surface area contributed by atoms with Crippen molar-refractivity contribution >= 4 is 11.7 Å². The average Bonchev–Trinajstić information content (AvgIpc) is 3.05. The Labute approximate surface area is 123 Å². The topological polar surface area (TPSA) is 46.9 Å². The van der Waals surface area contributed by atoms with E-state index >= 15 is 0 Å². The Hall–Kier alpha value is -2.88. The van der Waals surface area contributed by atoms with Gasteiger partial charge in [-0.1, -0.05) is 48.5 Å². The molecule has 0 radical (unpaired) electrons. The first-order valence-electron chi connectivity index (χ1n) is 6.74. The van der Waals surface area contributed by atoms with Gasteiger partial charge in [-0.2, -0.15) is 0 Å². The van der Waals surface area contributed by atoms with Gasteiger partial charge in [-0.25, -0.2) is 9.78 Å². The number of nitrogens with zero attached hydrogens (tertiary/aromatic N) is 2. The number of hydrogen-bond acceptors (Lipinski definition) is 2. The van der Waals surface area contributed by atoms with Crippen LogP contribution in [0.1, 0.15) is 11.1 Å². The molecule has 0 saturated heterocycles. The van der Waals surface area contributed by atoms with E-state index in [4.69, 9.17) is 0 Å². The van der Waals surface area contributed by atoms with Gasteiger partial charge < -0.3 is 5.32 Å². The number of carbonyl (C=O) groups excluding carboxylic acids is 1. The van der Waals surface area contributed by atoms with Crippen LogP contribution in [0.5, 0.6) is 0 Å². The molecular formula is C17H15N3O. The van der Waals surface area contributed by atoms with Gasteiger partial charge in [0.05, 0.1) is 0 Å². The van der Waals surface area contributed by atoms with Crippen LogP contribution in [0.4, 0.5) is 10.5 Å². The summed E-state index contributed by atoms with van der Waals surface area (Å²) in [6.07, 6.45) is 5.46. The van der Waals surface area contributed by atoms with E-state index in [-0.39, 0.29) is 6.03 Å². The van der Waals surface area contributed by atoms with Crippen LogP contribution >= 0.6 is 0 Å². The van der Waals surface area contributed by atoms with Crippen molar-refractivity contribution < 1.29 is 4.79 Å². The molecule has 1 heterocycles. The quantitative estimate of drug-likeness (QED) is 0.795. The molecule has 3 rings (SSSR count). The standard InChI is InChI=1S/C17H15N3O/c21-17(20-11-10-18-13-20)19-16-9-5-4-8-15(16)12-14-6-2-1-3-7-14/h1-11,13H,12H2,(H,19,21). The molecule has 4 heteroatoms. The van der Waals surface area contributed by atoms with Crippen molar-refractivity contribution in [3.05, 3.63) is 84.4 Å². The largest absolute Gasteiger partial charge is 0.331 e. The number of aromatic nitrogens is 2. The molecule has 0 aliphatic carbocycles. The summed E-state index contributed by atoms with van der Waals surface area (Å²) in [5.74, 6) is 0. The molecule has 0 spiro atoms. The molecule has 4 nitrogen and oxygen atoms in total. The molecule has 0 fully saturated rings. The lowest BCUT2D eigenvalue weighted by atomic mass is 10.0. The number of hydrogen-bond donors (Lipinski definition) is 1. The van der Waals surface area contributed by atoms with Gasteiger partial charge >= 0.3 is 6.03 Å². The highest BCUT2D eigenvalue weighted by molar-refractivity contribution is 5.91. The van der Waals surface area contributed by atoms with Crippen LogP contribution in [0, 0.1) is 0 Å². The molecule has 0 atom stereocenters. The summed E-state index contributed by atoms with van der Waals surface area (Å²) in [6.45, 7) is 0. The van der Waals surface area contributed by atoms with Crippen molar-refractivity contribution in [3.8, 4) is 0 Å². The number of carbonyl (C=O) groups is 1. The molecule has 3 aromatic rings. The molecule has 0 unspecified atom stereocenters. The van der Waals surface area contributed by atoms with E-state index in [1.165, 1.54) is 16.5 Å². The van der Waals surface area contributed by atoms with Crippen LogP contribution in [0.2, 0.25) is 0 Å². The van der Waals surface area contributed by atoms with Gasteiger partial charge in [-0.05, 0) is 23.6 Å².